The monoisotopic (exact) mass is 406 g/mol. The van der Waals surface area contributed by atoms with E-state index >= 15 is 0 Å². The number of likely N-dealkylation sites (tertiary alicyclic amines) is 1. The summed E-state index contributed by atoms with van der Waals surface area (Å²) in [6, 6.07) is 6.89. The summed E-state index contributed by atoms with van der Waals surface area (Å²) in [5.41, 5.74) is 1.61. The fourth-order valence-corrected chi connectivity index (χ4v) is 4.16. The topological polar surface area (TPSA) is 70.7 Å². The molecule has 0 saturated carbocycles. The molecule has 1 fully saturated rings. The van der Waals surface area contributed by atoms with Gasteiger partial charge in [-0.15, -0.1) is 0 Å². The van der Waals surface area contributed by atoms with E-state index in [9.17, 15) is 9.90 Å². The molecule has 142 valence electrons. The first-order valence-electron chi connectivity index (χ1n) is 8.96. The second-order valence-corrected chi connectivity index (χ2v) is 7.85. The summed E-state index contributed by atoms with van der Waals surface area (Å²) in [6.45, 7) is 2.97. The van der Waals surface area contributed by atoms with Crippen LogP contribution in [-0.4, -0.2) is 50.6 Å². The van der Waals surface area contributed by atoms with E-state index < -0.39 is 5.92 Å². The normalized spacial score (nSPS) is 23.1. The number of aliphatic imine (C=N–C) groups is 1. The van der Waals surface area contributed by atoms with Crippen molar-refractivity contribution in [1.82, 2.24) is 14.7 Å². The highest BCUT2D eigenvalue weighted by atomic mass is 35.5. The Morgan fingerprint density at radius 1 is 1.19 bits per heavy atom. The van der Waals surface area contributed by atoms with Crippen LogP contribution in [0.1, 0.15) is 31.4 Å². The molecule has 27 heavy (non-hydrogen) atoms. The fraction of sp³-hybridized carbons (Fsp3) is 0.421. The fourth-order valence-electron chi connectivity index (χ4n) is 3.86. The molecule has 4 rings (SSSR count). The van der Waals surface area contributed by atoms with Crippen LogP contribution in [0.15, 0.2) is 35.5 Å². The van der Waals surface area contributed by atoms with Gasteiger partial charge in [-0.05, 0) is 37.5 Å². The average molecular weight is 407 g/mol. The number of aliphatic hydroxyl groups excluding tert-OH is 1. The Morgan fingerprint density at radius 3 is 2.63 bits per heavy atom. The van der Waals surface area contributed by atoms with E-state index in [-0.39, 0.29) is 18.1 Å². The summed E-state index contributed by atoms with van der Waals surface area (Å²) in [7, 11) is 0. The number of benzene rings is 1. The van der Waals surface area contributed by atoms with E-state index in [0.29, 0.717) is 41.8 Å². The highest BCUT2D eigenvalue weighted by molar-refractivity contribution is 6.42. The van der Waals surface area contributed by atoms with Gasteiger partial charge in [0.2, 0.25) is 5.91 Å². The third-order valence-corrected chi connectivity index (χ3v) is 6.04. The van der Waals surface area contributed by atoms with E-state index in [0.717, 1.165) is 11.3 Å². The van der Waals surface area contributed by atoms with Gasteiger partial charge in [0.25, 0.3) is 0 Å². The number of aliphatic hydroxyl groups is 1. The molecule has 1 saturated heterocycles. The van der Waals surface area contributed by atoms with Gasteiger partial charge in [-0.3, -0.25) is 4.79 Å². The van der Waals surface area contributed by atoms with Crippen molar-refractivity contribution in [2.75, 3.05) is 13.1 Å². The zero-order chi connectivity index (χ0) is 19.1. The Kier molecular flexibility index (Phi) is 4.97. The molecule has 0 aliphatic carbocycles. The zero-order valence-electron chi connectivity index (χ0n) is 14.8. The molecule has 2 aliphatic rings. The molecule has 2 unspecified atom stereocenters. The number of piperidine rings is 1. The van der Waals surface area contributed by atoms with Gasteiger partial charge in [0.05, 0.1) is 28.4 Å². The van der Waals surface area contributed by atoms with Crippen molar-refractivity contribution in [1.29, 1.82) is 0 Å². The second kappa shape index (κ2) is 7.26. The number of hydrogen-bond donors (Lipinski definition) is 1. The summed E-state index contributed by atoms with van der Waals surface area (Å²) >= 11 is 12.3. The number of carbonyl (C=O) groups is 1. The van der Waals surface area contributed by atoms with Crippen molar-refractivity contribution in [3.8, 4) is 0 Å². The maximum absolute atomic E-state index is 13.4. The van der Waals surface area contributed by atoms with Crippen LogP contribution >= 0.6 is 23.2 Å². The van der Waals surface area contributed by atoms with Gasteiger partial charge < -0.3 is 10.0 Å². The summed E-state index contributed by atoms with van der Waals surface area (Å²) in [5, 5.41) is 15.1. The molecule has 2 aliphatic heterocycles. The first-order valence-corrected chi connectivity index (χ1v) is 9.72. The van der Waals surface area contributed by atoms with Crippen LogP contribution in [-0.2, 0) is 4.79 Å². The van der Waals surface area contributed by atoms with E-state index in [1.54, 1.807) is 23.0 Å². The Morgan fingerprint density at radius 2 is 1.93 bits per heavy atom. The van der Waals surface area contributed by atoms with Gasteiger partial charge in [0, 0.05) is 24.9 Å². The third kappa shape index (κ3) is 3.37. The summed E-state index contributed by atoms with van der Waals surface area (Å²) < 4.78 is 1.77. The minimum atomic E-state index is -0.482. The maximum Gasteiger partial charge on any atom is 0.233 e. The van der Waals surface area contributed by atoms with Crippen molar-refractivity contribution >= 4 is 40.6 Å². The van der Waals surface area contributed by atoms with Crippen molar-refractivity contribution in [3.05, 3.63) is 46.1 Å². The maximum atomic E-state index is 13.4. The molecule has 1 N–H and O–H groups in total. The molecule has 1 aromatic heterocycles. The minimum absolute atomic E-state index is 0.000345. The van der Waals surface area contributed by atoms with Gasteiger partial charge in [-0.1, -0.05) is 29.3 Å². The number of halogens is 2. The molecule has 2 atom stereocenters. The first kappa shape index (κ1) is 18.5. The standard InChI is InChI=1S/C19H20Cl2N4O2/c1-11-17(19(27)24-8-5-13(26)6-9-24)18(25-16(23-11)4-7-22-25)12-2-3-14(20)15(21)10-12/h2-4,7,10,13,17-18,26H,5-6,8-9H2,1H3. The number of fused-ring (bicyclic) bond motifs is 1. The van der Waals surface area contributed by atoms with Gasteiger partial charge >= 0.3 is 0 Å². The Hall–Kier alpha value is -1.89. The molecule has 0 bridgehead atoms. The molecule has 3 heterocycles. The molecule has 0 spiro atoms. The van der Waals surface area contributed by atoms with E-state index in [1.165, 1.54) is 0 Å². The van der Waals surface area contributed by atoms with Crippen LogP contribution < -0.4 is 0 Å². The Labute approximate surface area is 167 Å². The summed E-state index contributed by atoms with van der Waals surface area (Å²) in [5.74, 6) is 0.229. The highest BCUT2D eigenvalue weighted by Crippen LogP contribution is 2.39. The van der Waals surface area contributed by atoms with Crippen LogP contribution in [0.5, 0.6) is 0 Å². The lowest BCUT2D eigenvalue weighted by Gasteiger charge is -2.37. The van der Waals surface area contributed by atoms with E-state index in [1.807, 2.05) is 24.0 Å². The lowest BCUT2D eigenvalue weighted by molar-refractivity contribution is -0.136. The Bertz CT molecular complexity index is 903. The quantitative estimate of drug-likeness (QED) is 0.829. The number of hydrogen-bond acceptors (Lipinski definition) is 4. The highest BCUT2D eigenvalue weighted by Gasteiger charge is 2.40. The number of amides is 1. The van der Waals surface area contributed by atoms with Crippen LogP contribution in [0, 0.1) is 5.92 Å². The summed E-state index contributed by atoms with van der Waals surface area (Å²) in [6.07, 6.45) is 2.54. The average Bonchev–Trinajstić information content (AvgIpc) is 3.11. The lowest BCUT2D eigenvalue weighted by Crippen LogP contribution is -2.48. The van der Waals surface area contributed by atoms with Crippen molar-refractivity contribution in [2.24, 2.45) is 10.9 Å². The van der Waals surface area contributed by atoms with Gasteiger partial charge in [-0.2, -0.15) is 5.10 Å². The number of aromatic nitrogens is 2. The largest absolute Gasteiger partial charge is 0.393 e. The molecule has 1 aromatic carbocycles. The molecular weight excluding hydrogens is 387 g/mol. The molecule has 6 nitrogen and oxygen atoms in total. The SMILES string of the molecule is CC1=Nc2ccnn2C(c2ccc(Cl)c(Cl)c2)C1C(=O)N1CCC(O)CC1. The van der Waals surface area contributed by atoms with Crippen molar-refractivity contribution < 1.29 is 9.90 Å². The van der Waals surface area contributed by atoms with Crippen LogP contribution in [0.3, 0.4) is 0 Å². The number of carbonyl (C=O) groups excluding carboxylic acids is 1. The Balaban J connectivity index is 1.75. The van der Waals surface area contributed by atoms with Crippen LogP contribution in [0.25, 0.3) is 0 Å². The predicted octanol–water partition coefficient (Wildman–Crippen LogP) is 3.48. The summed E-state index contributed by atoms with van der Waals surface area (Å²) in [4.78, 5) is 19.8. The lowest BCUT2D eigenvalue weighted by atomic mass is 9.86. The molecule has 1 amide bonds. The van der Waals surface area contributed by atoms with E-state index in [4.69, 9.17) is 23.2 Å². The molecule has 8 heteroatoms. The van der Waals surface area contributed by atoms with Crippen molar-refractivity contribution in [2.45, 2.75) is 31.9 Å². The number of rotatable bonds is 2. The van der Waals surface area contributed by atoms with E-state index in [2.05, 4.69) is 10.1 Å². The minimum Gasteiger partial charge on any atom is -0.393 e. The molecule has 2 aromatic rings. The first-order chi connectivity index (χ1) is 13.0. The van der Waals surface area contributed by atoms with Crippen molar-refractivity contribution in [3.63, 3.8) is 0 Å². The molecular formula is C19H20Cl2N4O2. The van der Waals surface area contributed by atoms with Crippen LogP contribution in [0.4, 0.5) is 5.82 Å². The van der Waals surface area contributed by atoms with Gasteiger partial charge in [0.1, 0.15) is 5.92 Å². The number of nitrogens with zero attached hydrogens (tertiary/aromatic N) is 4. The smallest absolute Gasteiger partial charge is 0.233 e. The van der Waals surface area contributed by atoms with Crippen LogP contribution in [0.2, 0.25) is 10.0 Å². The van der Waals surface area contributed by atoms with Gasteiger partial charge in [0.15, 0.2) is 5.82 Å². The van der Waals surface area contributed by atoms with Gasteiger partial charge in [-0.25, -0.2) is 9.67 Å². The molecule has 0 radical (unpaired) electrons. The predicted molar refractivity (Wildman–Crippen MR) is 105 cm³/mol. The second-order valence-electron chi connectivity index (χ2n) is 7.04. The third-order valence-electron chi connectivity index (χ3n) is 5.30. The zero-order valence-corrected chi connectivity index (χ0v) is 16.4.